The highest BCUT2D eigenvalue weighted by molar-refractivity contribution is 7.99. The Morgan fingerprint density at radius 2 is 1.90 bits per heavy atom. The number of aromatic nitrogens is 2. The Hall–Kier alpha value is -2.97. The van der Waals surface area contributed by atoms with Gasteiger partial charge in [-0.05, 0) is 44.2 Å². The van der Waals surface area contributed by atoms with Gasteiger partial charge in [0, 0.05) is 23.4 Å². The number of hydrogen-bond acceptors (Lipinski definition) is 7. The third-order valence-corrected chi connectivity index (χ3v) is 5.03. The van der Waals surface area contributed by atoms with E-state index in [2.05, 4.69) is 4.98 Å². The molecule has 0 amide bonds. The number of benzene rings is 2. The van der Waals surface area contributed by atoms with Crippen molar-refractivity contribution in [3.63, 3.8) is 0 Å². The summed E-state index contributed by atoms with van der Waals surface area (Å²) in [5.74, 6) is 1.65. The van der Waals surface area contributed by atoms with Crippen molar-refractivity contribution in [2.24, 2.45) is 0 Å². The molecule has 0 radical (unpaired) electrons. The first-order valence-electron chi connectivity index (χ1n) is 9.24. The van der Waals surface area contributed by atoms with Gasteiger partial charge in [-0.1, -0.05) is 17.8 Å². The molecule has 0 spiro atoms. The van der Waals surface area contributed by atoms with Gasteiger partial charge in [0.2, 0.25) is 0 Å². The molecule has 0 fully saturated rings. The molecule has 7 nitrogen and oxygen atoms in total. The largest absolute Gasteiger partial charge is 0.497 e. The monoisotopic (exact) mass is 428 g/mol. The molecule has 0 aliphatic heterocycles. The lowest BCUT2D eigenvalue weighted by Crippen LogP contribution is -2.28. The van der Waals surface area contributed by atoms with Gasteiger partial charge in [-0.15, -0.1) is 0 Å². The second kappa shape index (κ2) is 9.23. The lowest BCUT2D eigenvalue weighted by atomic mass is 10.2. The zero-order chi connectivity index (χ0) is 21.7. The van der Waals surface area contributed by atoms with E-state index in [1.165, 1.54) is 23.4 Å². The highest BCUT2D eigenvalue weighted by Crippen LogP contribution is 2.31. The van der Waals surface area contributed by atoms with E-state index in [4.69, 9.17) is 14.2 Å². The van der Waals surface area contributed by atoms with Crippen LogP contribution in [0.2, 0.25) is 0 Å². The normalized spacial score (nSPS) is 11.2. The first kappa shape index (κ1) is 21.7. The molecule has 30 heavy (non-hydrogen) atoms. The maximum Gasteiger partial charge on any atom is 0.287 e. The molecule has 3 rings (SSSR count). The van der Waals surface area contributed by atoms with Crippen molar-refractivity contribution in [3.8, 4) is 22.9 Å². The first-order chi connectivity index (χ1) is 14.3. The Morgan fingerprint density at radius 1 is 1.10 bits per heavy atom. The molecule has 3 aromatic rings. The van der Waals surface area contributed by atoms with Gasteiger partial charge in [-0.25, -0.2) is 4.98 Å². The smallest absolute Gasteiger partial charge is 0.287 e. The van der Waals surface area contributed by atoms with Crippen molar-refractivity contribution in [1.82, 2.24) is 9.55 Å². The minimum atomic E-state index is -0.974. The van der Waals surface area contributed by atoms with Crippen LogP contribution in [0, 0.1) is 0 Å². The average molecular weight is 429 g/mol. The Kier molecular flexibility index (Phi) is 6.69. The predicted molar refractivity (Wildman–Crippen MR) is 115 cm³/mol. The SMILES string of the molecule is COc1cccc(Sc2nccn(-c3ccc(OCC(C)(C)O)c(OC)c3)c2=O)c1. The second-order valence-electron chi connectivity index (χ2n) is 7.12. The fourth-order valence-corrected chi connectivity index (χ4v) is 3.47. The summed E-state index contributed by atoms with van der Waals surface area (Å²) >= 11 is 1.27. The zero-order valence-electron chi connectivity index (χ0n) is 17.3. The van der Waals surface area contributed by atoms with Crippen molar-refractivity contribution in [2.45, 2.75) is 29.4 Å². The van der Waals surface area contributed by atoms with Crippen LogP contribution in [0.1, 0.15) is 13.8 Å². The summed E-state index contributed by atoms with van der Waals surface area (Å²) in [6.45, 7) is 3.43. The molecule has 1 heterocycles. The molecular formula is C22H24N2O5S. The van der Waals surface area contributed by atoms with Crippen molar-refractivity contribution in [3.05, 3.63) is 65.2 Å². The van der Waals surface area contributed by atoms with Crippen LogP contribution in [0.25, 0.3) is 5.69 Å². The number of ether oxygens (including phenoxy) is 3. The molecule has 158 valence electrons. The van der Waals surface area contributed by atoms with Crippen molar-refractivity contribution in [2.75, 3.05) is 20.8 Å². The van der Waals surface area contributed by atoms with E-state index in [1.807, 2.05) is 24.3 Å². The molecule has 0 atom stereocenters. The van der Waals surface area contributed by atoms with Gasteiger partial charge < -0.3 is 19.3 Å². The van der Waals surface area contributed by atoms with Crippen LogP contribution in [-0.4, -0.2) is 41.1 Å². The molecule has 8 heteroatoms. The standard InChI is InChI=1S/C22H24N2O5S/c1-22(2,26)14-29-18-9-8-15(12-19(18)28-4)24-11-10-23-20(21(24)25)30-17-7-5-6-16(13-17)27-3/h5-13,26H,14H2,1-4H3. The average Bonchev–Trinajstić information content (AvgIpc) is 2.73. The molecule has 0 aliphatic carbocycles. The lowest BCUT2D eigenvalue weighted by Gasteiger charge is -2.19. The highest BCUT2D eigenvalue weighted by atomic mass is 32.2. The highest BCUT2D eigenvalue weighted by Gasteiger charge is 2.16. The Morgan fingerprint density at radius 3 is 2.60 bits per heavy atom. The van der Waals surface area contributed by atoms with Crippen LogP contribution < -0.4 is 19.8 Å². The quantitative estimate of drug-likeness (QED) is 0.587. The van der Waals surface area contributed by atoms with Crippen LogP contribution >= 0.6 is 11.8 Å². The van der Waals surface area contributed by atoms with E-state index in [0.717, 1.165) is 4.90 Å². The van der Waals surface area contributed by atoms with E-state index >= 15 is 0 Å². The van der Waals surface area contributed by atoms with Crippen LogP contribution in [0.5, 0.6) is 17.2 Å². The maximum absolute atomic E-state index is 13.0. The van der Waals surface area contributed by atoms with Crippen molar-refractivity contribution < 1.29 is 19.3 Å². The minimum absolute atomic E-state index is 0.110. The third-order valence-electron chi connectivity index (χ3n) is 4.07. The van der Waals surface area contributed by atoms with Crippen LogP contribution in [0.3, 0.4) is 0 Å². The Labute approximate surface area is 179 Å². The van der Waals surface area contributed by atoms with E-state index in [-0.39, 0.29) is 12.2 Å². The lowest BCUT2D eigenvalue weighted by molar-refractivity contribution is 0.0276. The first-order valence-corrected chi connectivity index (χ1v) is 10.1. The molecule has 1 aromatic heterocycles. The van der Waals surface area contributed by atoms with E-state index < -0.39 is 5.60 Å². The van der Waals surface area contributed by atoms with Gasteiger partial charge in [0.05, 0.1) is 25.5 Å². The van der Waals surface area contributed by atoms with Gasteiger partial charge in [-0.3, -0.25) is 9.36 Å². The zero-order valence-corrected chi connectivity index (χ0v) is 18.1. The van der Waals surface area contributed by atoms with E-state index in [1.54, 1.807) is 51.6 Å². The summed E-state index contributed by atoms with van der Waals surface area (Å²) in [5.41, 5.74) is -0.613. The fourth-order valence-electron chi connectivity index (χ4n) is 2.62. The molecule has 0 saturated carbocycles. The summed E-state index contributed by atoms with van der Waals surface area (Å²) in [6.07, 6.45) is 3.18. The van der Waals surface area contributed by atoms with Gasteiger partial charge >= 0.3 is 0 Å². The van der Waals surface area contributed by atoms with Gasteiger partial charge in [0.25, 0.3) is 5.56 Å². The summed E-state index contributed by atoms with van der Waals surface area (Å²) in [7, 11) is 3.12. The summed E-state index contributed by atoms with van der Waals surface area (Å²) in [6, 6.07) is 12.6. The van der Waals surface area contributed by atoms with E-state index in [9.17, 15) is 9.90 Å². The third kappa shape index (κ3) is 5.34. The number of nitrogens with zero attached hydrogens (tertiary/aromatic N) is 2. The molecule has 0 unspecified atom stereocenters. The van der Waals surface area contributed by atoms with Crippen LogP contribution in [0.15, 0.2) is 69.6 Å². The number of hydrogen-bond donors (Lipinski definition) is 1. The van der Waals surface area contributed by atoms with E-state index in [0.29, 0.717) is 28.0 Å². The van der Waals surface area contributed by atoms with Crippen molar-refractivity contribution in [1.29, 1.82) is 0 Å². The van der Waals surface area contributed by atoms with Crippen molar-refractivity contribution >= 4 is 11.8 Å². The summed E-state index contributed by atoms with van der Waals surface area (Å²) < 4.78 is 17.8. The molecule has 0 saturated heterocycles. The molecule has 2 aromatic carbocycles. The Balaban J connectivity index is 1.90. The topological polar surface area (TPSA) is 82.8 Å². The summed E-state index contributed by atoms with van der Waals surface area (Å²) in [4.78, 5) is 18.1. The predicted octanol–water partition coefficient (Wildman–Crippen LogP) is 3.55. The van der Waals surface area contributed by atoms with Crippen LogP contribution in [0.4, 0.5) is 0 Å². The molecular weight excluding hydrogens is 404 g/mol. The number of methoxy groups -OCH3 is 2. The van der Waals surface area contributed by atoms with Gasteiger partial charge in [-0.2, -0.15) is 0 Å². The van der Waals surface area contributed by atoms with Gasteiger partial charge in [0.1, 0.15) is 12.4 Å². The van der Waals surface area contributed by atoms with Gasteiger partial charge in [0.15, 0.2) is 16.5 Å². The number of aliphatic hydroxyl groups is 1. The molecule has 0 aliphatic rings. The Bertz CT molecular complexity index is 1080. The molecule has 1 N–H and O–H groups in total. The second-order valence-corrected chi connectivity index (χ2v) is 8.19. The summed E-state index contributed by atoms with van der Waals surface area (Å²) in [5, 5.41) is 10.2. The maximum atomic E-state index is 13.0. The number of rotatable bonds is 8. The fraction of sp³-hybridized carbons (Fsp3) is 0.273. The van der Waals surface area contributed by atoms with Crippen LogP contribution in [-0.2, 0) is 0 Å². The minimum Gasteiger partial charge on any atom is -0.497 e. The molecule has 0 bridgehead atoms.